The number of benzene rings is 1. The Balaban J connectivity index is 1.83. The van der Waals surface area contributed by atoms with Crippen LogP contribution in [0.5, 0.6) is 0 Å². The second-order valence-electron chi connectivity index (χ2n) is 5.04. The third kappa shape index (κ3) is 2.68. The highest BCUT2D eigenvalue weighted by atomic mass is 16.2. The molecule has 22 heavy (non-hydrogen) atoms. The molecule has 2 aromatic rings. The van der Waals surface area contributed by atoms with Crippen molar-refractivity contribution in [1.29, 1.82) is 0 Å². The Labute approximate surface area is 127 Å². The third-order valence-corrected chi connectivity index (χ3v) is 3.60. The number of hydrogen-bond acceptors (Lipinski definition) is 4. The van der Waals surface area contributed by atoms with Crippen molar-refractivity contribution in [2.45, 2.75) is 6.42 Å². The maximum atomic E-state index is 12.5. The molecule has 6 nitrogen and oxygen atoms in total. The van der Waals surface area contributed by atoms with E-state index in [9.17, 15) is 9.59 Å². The van der Waals surface area contributed by atoms with Crippen LogP contribution >= 0.6 is 0 Å². The van der Waals surface area contributed by atoms with Crippen molar-refractivity contribution in [2.75, 3.05) is 23.3 Å². The standard InChI is InChI=1S/C16H16N4O2/c17-9-15(21)19-13-3-4-14-11(8-13)5-7-20(14)16(22)12-2-1-6-18-10-12/h1-4,6,8,10H,5,7,9,17H2,(H,19,21). The minimum Gasteiger partial charge on any atom is -0.325 e. The first-order valence-corrected chi connectivity index (χ1v) is 7.04. The summed E-state index contributed by atoms with van der Waals surface area (Å²) in [6.45, 7) is 0.569. The summed E-state index contributed by atoms with van der Waals surface area (Å²) in [5.41, 5.74) is 8.46. The monoisotopic (exact) mass is 296 g/mol. The fourth-order valence-corrected chi connectivity index (χ4v) is 2.55. The van der Waals surface area contributed by atoms with Crippen LogP contribution in [0.1, 0.15) is 15.9 Å². The minimum atomic E-state index is -0.235. The van der Waals surface area contributed by atoms with E-state index in [4.69, 9.17) is 5.73 Å². The summed E-state index contributed by atoms with van der Waals surface area (Å²) in [4.78, 5) is 29.6. The first-order valence-electron chi connectivity index (χ1n) is 7.04. The largest absolute Gasteiger partial charge is 0.325 e. The summed E-state index contributed by atoms with van der Waals surface area (Å²) in [5.74, 6) is -0.299. The molecule has 6 heteroatoms. The molecule has 0 aliphatic carbocycles. The van der Waals surface area contributed by atoms with Gasteiger partial charge in [0, 0.05) is 30.3 Å². The molecule has 3 N–H and O–H groups in total. The molecule has 0 radical (unpaired) electrons. The number of hydrogen-bond donors (Lipinski definition) is 2. The van der Waals surface area contributed by atoms with Crippen molar-refractivity contribution in [3.63, 3.8) is 0 Å². The number of rotatable bonds is 3. The summed E-state index contributed by atoms with van der Waals surface area (Å²) in [6.07, 6.45) is 3.96. The summed E-state index contributed by atoms with van der Waals surface area (Å²) < 4.78 is 0. The van der Waals surface area contributed by atoms with Crippen LogP contribution in [0.15, 0.2) is 42.7 Å². The Bertz CT molecular complexity index is 715. The van der Waals surface area contributed by atoms with Crippen LogP contribution in [0.4, 0.5) is 11.4 Å². The maximum Gasteiger partial charge on any atom is 0.259 e. The quantitative estimate of drug-likeness (QED) is 0.890. The minimum absolute atomic E-state index is 0.0529. The SMILES string of the molecule is NCC(=O)Nc1ccc2c(c1)CCN2C(=O)c1cccnc1. The van der Waals surface area contributed by atoms with E-state index in [1.807, 2.05) is 12.1 Å². The number of pyridine rings is 1. The fourth-order valence-electron chi connectivity index (χ4n) is 2.55. The zero-order valence-corrected chi connectivity index (χ0v) is 12.0. The van der Waals surface area contributed by atoms with Gasteiger partial charge in [0.25, 0.3) is 5.91 Å². The molecular formula is C16H16N4O2. The molecule has 1 aromatic heterocycles. The number of carbonyl (C=O) groups is 2. The zero-order valence-electron chi connectivity index (χ0n) is 12.0. The van der Waals surface area contributed by atoms with Crippen LogP contribution in [-0.2, 0) is 11.2 Å². The summed E-state index contributed by atoms with van der Waals surface area (Å²) in [6, 6.07) is 9.02. The second kappa shape index (κ2) is 5.95. The lowest BCUT2D eigenvalue weighted by molar-refractivity contribution is -0.114. The summed E-state index contributed by atoms with van der Waals surface area (Å²) >= 11 is 0. The molecule has 1 aromatic carbocycles. The molecule has 112 valence electrons. The fraction of sp³-hybridized carbons (Fsp3) is 0.188. The van der Waals surface area contributed by atoms with Gasteiger partial charge in [-0.05, 0) is 42.3 Å². The van der Waals surface area contributed by atoms with Gasteiger partial charge in [-0.25, -0.2) is 0 Å². The Hall–Kier alpha value is -2.73. The van der Waals surface area contributed by atoms with E-state index in [2.05, 4.69) is 10.3 Å². The molecule has 0 saturated heterocycles. The topological polar surface area (TPSA) is 88.3 Å². The van der Waals surface area contributed by atoms with Gasteiger partial charge in [-0.3, -0.25) is 14.6 Å². The van der Waals surface area contributed by atoms with Crippen LogP contribution in [0.3, 0.4) is 0 Å². The number of nitrogens with one attached hydrogen (secondary N) is 1. The molecule has 1 aliphatic rings. The number of fused-ring (bicyclic) bond motifs is 1. The average molecular weight is 296 g/mol. The van der Waals surface area contributed by atoms with Gasteiger partial charge in [-0.2, -0.15) is 0 Å². The lowest BCUT2D eigenvalue weighted by Crippen LogP contribution is -2.28. The van der Waals surface area contributed by atoms with Crippen molar-refractivity contribution in [2.24, 2.45) is 5.73 Å². The van der Waals surface area contributed by atoms with E-state index in [-0.39, 0.29) is 18.4 Å². The molecule has 0 spiro atoms. The van der Waals surface area contributed by atoms with Gasteiger partial charge in [0.1, 0.15) is 0 Å². The van der Waals surface area contributed by atoms with Gasteiger partial charge < -0.3 is 16.0 Å². The van der Waals surface area contributed by atoms with E-state index in [0.717, 1.165) is 17.7 Å². The van der Waals surface area contributed by atoms with E-state index in [1.54, 1.807) is 35.5 Å². The number of carbonyl (C=O) groups excluding carboxylic acids is 2. The molecule has 2 amide bonds. The molecule has 0 unspecified atom stereocenters. The van der Waals surface area contributed by atoms with Crippen molar-refractivity contribution < 1.29 is 9.59 Å². The zero-order chi connectivity index (χ0) is 15.5. The molecule has 1 aliphatic heterocycles. The number of anilines is 2. The lowest BCUT2D eigenvalue weighted by atomic mass is 10.1. The van der Waals surface area contributed by atoms with Gasteiger partial charge in [0.05, 0.1) is 12.1 Å². The molecule has 2 heterocycles. The number of amides is 2. The van der Waals surface area contributed by atoms with E-state index >= 15 is 0 Å². The lowest BCUT2D eigenvalue weighted by Gasteiger charge is -2.17. The number of nitrogens with zero attached hydrogens (tertiary/aromatic N) is 2. The van der Waals surface area contributed by atoms with Gasteiger partial charge >= 0.3 is 0 Å². The molecule has 0 saturated carbocycles. The van der Waals surface area contributed by atoms with Crippen LogP contribution in [0.25, 0.3) is 0 Å². The molecule has 0 bridgehead atoms. The second-order valence-corrected chi connectivity index (χ2v) is 5.04. The summed E-state index contributed by atoms with van der Waals surface area (Å²) in [7, 11) is 0. The molecule has 0 atom stereocenters. The highest BCUT2D eigenvalue weighted by Gasteiger charge is 2.25. The predicted molar refractivity (Wildman–Crippen MR) is 83.7 cm³/mol. The van der Waals surface area contributed by atoms with Gasteiger partial charge in [0.2, 0.25) is 5.91 Å². The van der Waals surface area contributed by atoms with E-state index in [0.29, 0.717) is 17.8 Å². The Morgan fingerprint density at radius 1 is 1.32 bits per heavy atom. The predicted octanol–water partition coefficient (Wildman–Crippen LogP) is 1.18. The Morgan fingerprint density at radius 2 is 2.18 bits per heavy atom. The average Bonchev–Trinajstić information content (AvgIpc) is 2.98. The Morgan fingerprint density at radius 3 is 2.91 bits per heavy atom. The summed E-state index contributed by atoms with van der Waals surface area (Å²) in [5, 5.41) is 2.72. The van der Waals surface area contributed by atoms with Crippen molar-refractivity contribution in [3.05, 3.63) is 53.9 Å². The Kier molecular flexibility index (Phi) is 3.84. The first kappa shape index (κ1) is 14.2. The molecular weight excluding hydrogens is 280 g/mol. The van der Waals surface area contributed by atoms with Gasteiger partial charge in [-0.15, -0.1) is 0 Å². The van der Waals surface area contributed by atoms with Crippen molar-refractivity contribution in [3.8, 4) is 0 Å². The first-order chi connectivity index (χ1) is 10.7. The van der Waals surface area contributed by atoms with Crippen molar-refractivity contribution in [1.82, 2.24) is 4.98 Å². The van der Waals surface area contributed by atoms with Crippen LogP contribution in [0.2, 0.25) is 0 Å². The highest BCUT2D eigenvalue weighted by Crippen LogP contribution is 2.31. The molecule has 3 rings (SSSR count). The third-order valence-electron chi connectivity index (χ3n) is 3.60. The van der Waals surface area contributed by atoms with Gasteiger partial charge in [-0.1, -0.05) is 0 Å². The number of aromatic nitrogens is 1. The van der Waals surface area contributed by atoms with E-state index in [1.165, 1.54) is 0 Å². The van der Waals surface area contributed by atoms with Crippen LogP contribution in [0, 0.1) is 0 Å². The number of nitrogens with two attached hydrogens (primary N) is 1. The van der Waals surface area contributed by atoms with Gasteiger partial charge in [0.15, 0.2) is 0 Å². The molecule has 0 fully saturated rings. The van der Waals surface area contributed by atoms with E-state index < -0.39 is 0 Å². The smallest absolute Gasteiger partial charge is 0.259 e. The van der Waals surface area contributed by atoms with Crippen LogP contribution < -0.4 is 16.0 Å². The highest BCUT2D eigenvalue weighted by molar-refractivity contribution is 6.07. The van der Waals surface area contributed by atoms with Crippen molar-refractivity contribution >= 4 is 23.2 Å². The van der Waals surface area contributed by atoms with Crippen LogP contribution in [-0.4, -0.2) is 29.9 Å². The maximum absolute atomic E-state index is 12.5. The normalized spacial score (nSPS) is 12.9.